The molecule has 0 aromatic heterocycles. The standard InChI is InChI=1S/C30H31NO6/c1-5-36-23-15-11-21(12-16-23)28(32)26-27(22-7-6-8-25(17-22)35-4)31(30(34)29(26)33)18-20-9-13-24(14-10-20)37-19(2)3/h6-17,19,27,32H,5,18H2,1-4H3/b28-26-. The number of ketones is 1. The number of carbonyl (C=O) groups is 2. The van der Waals surface area contributed by atoms with Crippen LogP contribution in [0.4, 0.5) is 0 Å². The van der Waals surface area contributed by atoms with E-state index in [0.717, 1.165) is 11.3 Å². The van der Waals surface area contributed by atoms with Crippen molar-refractivity contribution in [2.24, 2.45) is 0 Å². The third kappa shape index (κ3) is 5.61. The van der Waals surface area contributed by atoms with Crippen LogP contribution in [0.3, 0.4) is 0 Å². The van der Waals surface area contributed by atoms with Gasteiger partial charge in [0, 0.05) is 12.1 Å². The maximum absolute atomic E-state index is 13.3. The van der Waals surface area contributed by atoms with Crippen molar-refractivity contribution in [2.45, 2.75) is 39.5 Å². The molecule has 1 N–H and O–H groups in total. The molecule has 0 bridgehead atoms. The van der Waals surface area contributed by atoms with Crippen LogP contribution in [0.5, 0.6) is 17.2 Å². The number of hydrogen-bond acceptors (Lipinski definition) is 6. The number of Topliss-reactive ketones (excluding diaryl/α,β-unsaturated/α-hetero) is 1. The summed E-state index contributed by atoms with van der Waals surface area (Å²) >= 11 is 0. The molecule has 0 aliphatic carbocycles. The van der Waals surface area contributed by atoms with Gasteiger partial charge in [-0.05, 0) is 80.4 Å². The number of hydrogen-bond donors (Lipinski definition) is 1. The molecule has 1 heterocycles. The maximum atomic E-state index is 13.3. The van der Waals surface area contributed by atoms with Gasteiger partial charge in [0.2, 0.25) is 0 Å². The molecule has 7 nitrogen and oxygen atoms in total. The molecule has 1 aliphatic heterocycles. The van der Waals surface area contributed by atoms with Gasteiger partial charge in [0.25, 0.3) is 11.7 Å². The van der Waals surface area contributed by atoms with Gasteiger partial charge < -0.3 is 24.2 Å². The zero-order valence-electron chi connectivity index (χ0n) is 21.4. The molecule has 192 valence electrons. The van der Waals surface area contributed by atoms with Crippen molar-refractivity contribution in [3.63, 3.8) is 0 Å². The first-order chi connectivity index (χ1) is 17.8. The lowest BCUT2D eigenvalue weighted by Gasteiger charge is -2.26. The fourth-order valence-electron chi connectivity index (χ4n) is 4.37. The smallest absolute Gasteiger partial charge is 0.295 e. The number of rotatable bonds is 9. The first-order valence-electron chi connectivity index (χ1n) is 12.2. The minimum absolute atomic E-state index is 0.0298. The predicted molar refractivity (Wildman–Crippen MR) is 141 cm³/mol. The number of carbonyl (C=O) groups excluding carboxylic acids is 2. The summed E-state index contributed by atoms with van der Waals surface area (Å²) in [4.78, 5) is 28.1. The summed E-state index contributed by atoms with van der Waals surface area (Å²) in [6.07, 6.45) is 0.0411. The van der Waals surface area contributed by atoms with Crippen LogP contribution in [0.15, 0.2) is 78.4 Å². The van der Waals surface area contributed by atoms with E-state index in [9.17, 15) is 14.7 Å². The summed E-state index contributed by atoms with van der Waals surface area (Å²) < 4.78 is 16.6. The SMILES string of the molecule is CCOc1ccc(/C(O)=C2/C(=O)C(=O)N(Cc3ccc(OC(C)C)cc3)C2c2cccc(OC)c2)cc1. The van der Waals surface area contributed by atoms with Gasteiger partial charge in [-0.2, -0.15) is 0 Å². The minimum atomic E-state index is -0.798. The molecule has 1 unspecified atom stereocenters. The van der Waals surface area contributed by atoms with Crippen molar-refractivity contribution in [3.8, 4) is 17.2 Å². The van der Waals surface area contributed by atoms with Gasteiger partial charge in [-0.25, -0.2) is 0 Å². The van der Waals surface area contributed by atoms with Crippen molar-refractivity contribution < 1.29 is 28.9 Å². The quantitative estimate of drug-likeness (QED) is 0.237. The third-order valence-electron chi connectivity index (χ3n) is 6.04. The van der Waals surface area contributed by atoms with E-state index in [0.29, 0.717) is 29.2 Å². The van der Waals surface area contributed by atoms with E-state index in [2.05, 4.69) is 0 Å². The highest BCUT2D eigenvalue weighted by molar-refractivity contribution is 6.46. The largest absolute Gasteiger partial charge is 0.507 e. The lowest BCUT2D eigenvalue weighted by atomic mass is 9.95. The zero-order chi connectivity index (χ0) is 26.5. The number of likely N-dealkylation sites (tertiary alicyclic amines) is 1. The van der Waals surface area contributed by atoms with Crippen molar-refractivity contribution in [3.05, 3.63) is 95.1 Å². The second-order valence-corrected chi connectivity index (χ2v) is 8.97. The molecule has 3 aromatic rings. The predicted octanol–water partition coefficient (Wildman–Crippen LogP) is 5.50. The highest BCUT2D eigenvalue weighted by Gasteiger charge is 2.46. The molecule has 0 radical (unpaired) electrons. The highest BCUT2D eigenvalue weighted by atomic mass is 16.5. The lowest BCUT2D eigenvalue weighted by molar-refractivity contribution is -0.140. The van der Waals surface area contributed by atoms with Crippen molar-refractivity contribution in [1.29, 1.82) is 0 Å². The van der Waals surface area contributed by atoms with Gasteiger partial charge in [0.1, 0.15) is 23.0 Å². The van der Waals surface area contributed by atoms with Crippen LogP contribution >= 0.6 is 0 Å². The van der Waals surface area contributed by atoms with Crippen LogP contribution in [0, 0.1) is 0 Å². The lowest BCUT2D eigenvalue weighted by Crippen LogP contribution is -2.29. The molecule has 3 aromatic carbocycles. The van der Waals surface area contributed by atoms with Gasteiger partial charge in [-0.1, -0.05) is 24.3 Å². The number of nitrogens with zero attached hydrogens (tertiary/aromatic N) is 1. The Hall–Kier alpha value is -4.26. The first kappa shape index (κ1) is 25.8. The molecule has 4 rings (SSSR count). The first-order valence-corrected chi connectivity index (χ1v) is 12.2. The van der Waals surface area contributed by atoms with Gasteiger partial charge >= 0.3 is 0 Å². The van der Waals surface area contributed by atoms with Gasteiger partial charge in [0.05, 0.1) is 31.4 Å². The average Bonchev–Trinajstić information content (AvgIpc) is 3.14. The third-order valence-corrected chi connectivity index (χ3v) is 6.04. The van der Waals surface area contributed by atoms with E-state index >= 15 is 0 Å². The molecule has 1 aliphatic rings. The van der Waals surface area contributed by atoms with Crippen LogP contribution in [-0.4, -0.2) is 41.5 Å². The fraction of sp³-hybridized carbons (Fsp3) is 0.267. The van der Waals surface area contributed by atoms with Crippen LogP contribution < -0.4 is 14.2 Å². The average molecular weight is 502 g/mol. The van der Waals surface area contributed by atoms with E-state index < -0.39 is 17.7 Å². The Morgan fingerprint density at radius 2 is 1.62 bits per heavy atom. The summed E-state index contributed by atoms with van der Waals surface area (Å²) in [5.41, 5.74) is 1.93. The molecule has 1 fully saturated rings. The fourth-order valence-corrected chi connectivity index (χ4v) is 4.37. The Kier molecular flexibility index (Phi) is 7.82. The van der Waals surface area contributed by atoms with Crippen LogP contribution in [0.2, 0.25) is 0 Å². The highest BCUT2D eigenvalue weighted by Crippen LogP contribution is 2.41. The number of benzene rings is 3. The molecule has 7 heteroatoms. The molecular weight excluding hydrogens is 470 g/mol. The van der Waals surface area contributed by atoms with E-state index in [1.165, 1.54) is 4.90 Å². The topological polar surface area (TPSA) is 85.3 Å². The van der Waals surface area contributed by atoms with E-state index in [4.69, 9.17) is 14.2 Å². The molecule has 1 atom stereocenters. The Labute approximate surface area is 216 Å². The number of aliphatic hydroxyl groups is 1. The van der Waals surface area contributed by atoms with Gasteiger partial charge in [-0.3, -0.25) is 9.59 Å². The Bertz CT molecular complexity index is 1290. The number of methoxy groups -OCH3 is 1. The molecule has 0 spiro atoms. The maximum Gasteiger partial charge on any atom is 0.295 e. The monoisotopic (exact) mass is 501 g/mol. The van der Waals surface area contributed by atoms with E-state index in [-0.39, 0.29) is 24.0 Å². The summed E-state index contributed by atoms with van der Waals surface area (Å²) in [7, 11) is 1.55. The molecular formula is C30H31NO6. The van der Waals surface area contributed by atoms with Crippen molar-refractivity contribution >= 4 is 17.4 Å². The summed E-state index contributed by atoms with van der Waals surface area (Å²) in [5, 5.41) is 11.3. The molecule has 0 saturated carbocycles. The van der Waals surface area contributed by atoms with Crippen LogP contribution in [0.1, 0.15) is 43.5 Å². The second kappa shape index (κ2) is 11.2. The van der Waals surface area contributed by atoms with E-state index in [1.807, 2.05) is 51.1 Å². The van der Waals surface area contributed by atoms with Crippen LogP contribution in [0.25, 0.3) is 5.76 Å². The van der Waals surface area contributed by atoms with E-state index in [1.54, 1.807) is 49.6 Å². The summed E-state index contributed by atoms with van der Waals surface area (Å²) in [5.74, 6) is 0.299. The second-order valence-electron chi connectivity index (χ2n) is 8.97. The van der Waals surface area contributed by atoms with Crippen LogP contribution in [-0.2, 0) is 16.1 Å². The minimum Gasteiger partial charge on any atom is -0.507 e. The van der Waals surface area contributed by atoms with Gasteiger partial charge in [-0.15, -0.1) is 0 Å². The molecule has 1 saturated heterocycles. The summed E-state index contributed by atoms with van der Waals surface area (Å²) in [6.45, 7) is 6.47. The number of amides is 1. The Balaban J connectivity index is 1.76. The van der Waals surface area contributed by atoms with Crippen molar-refractivity contribution in [2.75, 3.05) is 13.7 Å². The summed E-state index contributed by atoms with van der Waals surface area (Å²) in [6, 6.07) is 20.6. The Morgan fingerprint density at radius 1 is 0.946 bits per heavy atom. The van der Waals surface area contributed by atoms with Crippen molar-refractivity contribution in [1.82, 2.24) is 4.90 Å². The zero-order valence-corrected chi connectivity index (χ0v) is 21.4. The normalized spacial score (nSPS) is 16.8. The molecule has 1 amide bonds. The number of ether oxygens (including phenoxy) is 3. The van der Waals surface area contributed by atoms with Gasteiger partial charge in [0.15, 0.2) is 0 Å². The Morgan fingerprint density at radius 3 is 2.24 bits per heavy atom. The number of aliphatic hydroxyl groups excluding tert-OH is 1. The molecule has 37 heavy (non-hydrogen) atoms.